The van der Waals surface area contributed by atoms with Gasteiger partial charge in [0.1, 0.15) is 0 Å². The van der Waals surface area contributed by atoms with Gasteiger partial charge in [-0.15, -0.1) is 0 Å². The van der Waals surface area contributed by atoms with Crippen molar-refractivity contribution in [2.24, 2.45) is 5.92 Å². The molecule has 0 radical (unpaired) electrons. The number of piperidine rings is 1. The van der Waals surface area contributed by atoms with Crippen LogP contribution in [0.4, 0.5) is 0 Å². The van der Waals surface area contributed by atoms with Crippen LogP contribution in [0.3, 0.4) is 0 Å². The maximum absolute atomic E-state index is 14.9. The maximum atomic E-state index is 14.9. The third kappa shape index (κ3) is 10.6. The summed E-state index contributed by atoms with van der Waals surface area (Å²) < 4.78 is 66.8. The van der Waals surface area contributed by atoms with E-state index in [0.29, 0.717) is 18.4 Å². The summed E-state index contributed by atoms with van der Waals surface area (Å²) in [6.45, 7) is 4.24. The van der Waals surface area contributed by atoms with Crippen LogP contribution in [-0.2, 0) is 66.5 Å². The molecule has 0 amide bonds. The smallest absolute Gasteiger partial charge is 0.400 e. The predicted molar refractivity (Wildman–Crippen MR) is 214 cm³/mol. The predicted octanol–water partition coefficient (Wildman–Crippen LogP) is 11.1. The zero-order chi connectivity index (χ0) is 37.9. The molecule has 1 heterocycles. The normalized spacial score (nSPS) is 17.3. The number of fused-ring (bicyclic) bond motifs is 2. The van der Waals surface area contributed by atoms with E-state index < -0.39 is 15.6 Å². The summed E-state index contributed by atoms with van der Waals surface area (Å²) >= 11 is 0. The minimum absolute atomic E-state index is 0.0202. The second-order valence-corrected chi connectivity index (χ2v) is 17.2. The molecule has 288 valence electrons. The van der Waals surface area contributed by atoms with Gasteiger partial charge < -0.3 is 9.05 Å². The Bertz CT molecular complexity index is 1960. The van der Waals surface area contributed by atoms with Gasteiger partial charge in [0.25, 0.3) is 0 Å². The average molecular weight is 782 g/mol. The number of nitrogens with zero attached hydrogens (tertiary/aromatic N) is 1. The third-order valence-electron chi connectivity index (χ3n) is 10.1. The number of phosphoric acid groups is 2. The van der Waals surface area contributed by atoms with Gasteiger partial charge in [-0.25, -0.2) is 9.13 Å². The zero-order valence-electron chi connectivity index (χ0n) is 31.2. The highest BCUT2D eigenvalue weighted by Gasteiger charge is 2.41. The van der Waals surface area contributed by atoms with E-state index in [9.17, 15) is 9.13 Å². The minimum Gasteiger partial charge on any atom is -0.400 e. The van der Waals surface area contributed by atoms with Crippen molar-refractivity contribution in [2.75, 3.05) is 13.1 Å². The molecule has 0 aromatic heterocycles. The minimum atomic E-state index is -4.36. The lowest BCUT2D eigenvalue weighted by Crippen LogP contribution is -2.49. The van der Waals surface area contributed by atoms with Crippen LogP contribution in [0.5, 0.6) is 11.5 Å². The molecule has 7 rings (SSSR count). The molecule has 1 saturated heterocycles. The molecule has 0 spiro atoms. The van der Waals surface area contributed by atoms with E-state index in [2.05, 4.69) is 11.8 Å². The van der Waals surface area contributed by atoms with E-state index in [0.717, 1.165) is 72.2 Å². The topological polar surface area (TPSA) is 92.8 Å². The molecule has 2 atom stereocenters. The lowest BCUT2D eigenvalue weighted by atomic mass is 9.75. The van der Waals surface area contributed by atoms with Gasteiger partial charge in [-0.3, -0.25) is 23.0 Å². The molecule has 5 aromatic carbocycles. The summed E-state index contributed by atoms with van der Waals surface area (Å²) in [5.74, 6) is 0.588. The lowest BCUT2D eigenvalue weighted by molar-refractivity contribution is 0.0845. The van der Waals surface area contributed by atoms with Crippen molar-refractivity contribution in [2.45, 2.75) is 71.5 Å². The summed E-state index contributed by atoms with van der Waals surface area (Å²) in [5.41, 5.74) is 5.08. The number of likely N-dealkylation sites (tertiary alicyclic amines) is 1. The Hall–Kier alpha value is -4.04. The van der Waals surface area contributed by atoms with Gasteiger partial charge in [-0.2, -0.15) is 0 Å². The fourth-order valence-corrected chi connectivity index (χ4v) is 9.75. The fourth-order valence-electron chi connectivity index (χ4n) is 7.36. The molecule has 1 aliphatic carbocycles. The second kappa shape index (κ2) is 18.7. The largest absolute Gasteiger partial charge is 0.530 e. The Kier molecular flexibility index (Phi) is 13.4. The van der Waals surface area contributed by atoms with Crippen molar-refractivity contribution in [3.8, 4) is 11.5 Å². The first-order chi connectivity index (χ1) is 26.9. The van der Waals surface area contributed by atoms with Crippen molar-refractivity contribution in [1.29, 1.82) is 0 Å². The van der Waals surface area contributed by atoms with Crippen LogP contribution in [0, 0.1) is 5.92 Å². The van der Waals surface area contributed by atoms with Gasteiger partial charge in [0.2, 0.25) is 0 Å². The summed E-state index contributed by atoms with van der Waals surface area (Å²) in [6.07, 6.45) is 4.69. The van der Waals surface area contributed by atoms with Gasteiger partial charge in [0, 0.05) is 11.6 Å². The maximum Gasteiger partial charge on any atom is 0.530 e. The van der Waals surface area contributed by atoms with Crippen molar-refractivity contribution < 1.29 is 36.3 Å². The number of phosphoric ester groups is 2. The molecule has 1 fully saturated rings. The molecule has 1 aliphatic heterocycles. The van der Waals surface area contributed by atoms with Gasteiger partial charge in [-0.1, -0.05) is 134 Å². The quantitative estimate of drug-likeness (QED) is 0.0806. The van der Waals surface area contributed by atoms with Crippen LogP contribution >= 0.6 is 15.6 Å². The third-order valence-corrected chi connectivity index (χ3v) is 12.7. The molecular formula is C44H49NO8P2. The highest BCUT2D eigenvalue weighted by molar-refractivity contribution is 7.49. The highest BCUT2D eigenvalue weighted by Crippen LogP contribution is 2.59. The molecule has 11 heteroatoms. The number of rotatable bonds is 18. The molecule has 5 aromatic rings. The Morgan fingerprint density at radius 2 is 1.04 bits per heavy atom. The second-order valence-electron chi connectivity index (χ2n) is 14.1. The van der Waals surface area contributed by atoms with Gasteiger partial charge in [0.05, 0.1) is 26.4 Å². The van der Waals surface area contributed by atoms with Crippen LogP contribution in [0.25, 0.3) is 0 Å². The molecule has 0 bridgehead atoms. The van der Waals surface area contributed by atoms with Crippen molar-refractivity contribution in [3.05, 3.63) is 167 Å². The first-order valence-corrected chi connectivity index (χ1v) is 22.0. The first kappa shape index (κ1) is 39.2. The van der Waals surface area contributed by atoms with Crippen molar-refractivity contribution in [3.63, 3.8) is 0 Å². The molecule has 0 saturated carbocycles. The molecule has 2 aliphatic rings. The average Bonchev–Trinajstić information content (AvgIpc) is 3.23. The van der Waals surface area contributed by atoms with E-state index in [4.69, 9.17) is 27.1 Å². The fraction of sp³-hybridized carbons (Fsp3) is 0.318. The summed E-state index contributed by atoms with van der Waals surface area (Å²) in [6, 6.07) is 41.8. The van der Waals surface area contributed by atoms with E-state index in [1.807, 2.05) is 127 Å². The van der Waals surface area contributed by atoms with Crippen molar-refractivity contribution in [1.82, 2.24) is 4.90 Å². The number of hydrogen-bond acceptors (Lipinski definition) is 9. The number of benzene rings is 5. The Morgan fingerprint density at radius 1 is 0.582 bits per heavy atom. The van der Waals surface area contributed by atoms with E-state index in [-0.39, 0.29) is 37.9 Å². The van der Waals surface area contributed by atoms with E-state index >= 15 is 0 Å². The summed E-state index contributed by atoms with van der Waals surface area (Å²) in [5, 5.41) is 0. The van der Waals surface area contributed by atoms with Gasteiger partial charge in [0.15, 0.2) is 11.5 Å². The van der Waals surface area contributed by atoms with E-state index in [1.165, 1.54) is 0 Å². The number of hydrogen-bond donors (Lipinski definition) is 0. The Labute approximate surface area is 324 Å². The first-order valence-electron chi connectivity index (χ1n) is 19.1. The molecule has 0 N–H and O–H groups in total. The molecule has 0 unspecified atom stereocenters. The Morgan fingerprint density at radius 3 is 1.49 bits per heavy atom. The van der Waals surface area contributed by atoms with Crippen LogP contribution in [0.2, 0.25) is 0 Å². The van der Waals surface area contributed by atoms with Crippen molar-refractivity contribution >= 4 is 15.6 Å². The lowest BCUT2D eigenvalue weighted by Gasteiger charge is -2.45. The molecule has 55 heavy (non-hydrogen) atoms. The van der Waals surface area contributed by atoms with Crippen LogP contribution in [0.1, 0.15) is 59.6 Å². The van der Waals surface area contributed by atoms with Crippen LogP contribution < -0.4 is 9.05 Å². The standard InChI is InChI=1S/C44H49NO8P2/c1-2-27-45-28-15-24-40-29-41-39(30-42(40)45)25-26-43(52-54(46,48-31-35-16-7-3-8-17-35)49-32-36-18-9-4-10-19-36)44(41)53-55(47,50-33-37-20-11-5-12-21-37)51-34-38-22-13-6-14-23-38/h3-14,16-23,25-26,40,42H,2,15,24,27-34H2,1H3/t40-,42-/m1/s1. The van der Waals surface area contributed by atoms with E-state index in [1.54, 1.807) is 6.07 Å². The Balaban J connectivity index is 1.26. The highest BCUT2D eigenvalue weighted by atomic mass is 31.2. The molecule has 9 nitrogen and oxygen atoms in total. The molecular weight excluding hydrogens is 732 g/mol. The van der Waals surface area contributed by atoms with Gasteiger partial charge >= 0.3 is 15.6 Å². The monoisotopic (exact) mass is 781 g/mol. The summed E-state index contributed by atoms with van der Waals surface area (Å²) in [7, 11) is -8.69. The van der Waals surface area contributed by atoms with Crippen LogP contribution in [-0.4, -0.2) is 24.0 Å². The van der Waals surface area contributed by atoms with Crippen LogP contribution in [0.15, 0.2) is 133 Å². The SMILES string of the molecule is CCCN1CCC[C@@H]2Cc3c(ccc(OP(=O)(OCc4ccccc4)OCc4ccccc4)c3OP(=O)(OCc3ccccc3)OCc3ccccc3)C[C@H]21. The summed E-state index contributed by atoms with van der Waals surface area (Å²) in [4.78, 5) is 2.60. The zero-order valence-corrected chi connectivity index (χ0v) is 33.0. The van der Waals surface area contributed by atoms with Gasteiger partial charge in [-0.05, 0) is 85.0 Å².